The molecule has 1 aromatic carbocycles. The first kappa shape index (κ1) is 14.7. The summed E-state index contributed by atoms with van der Waals surface area (Å²) in [6.07, 6.45) is 0. The molecule has 1 heterocycles. The molecule has 1 fully saturated rings. The van der Waals surface area contributed by atoms with E-state index in [0.29, 0.717) is 25.3 Å². The third-order valence-electron chi connectivity index (χ3n) is 3.41. The van der Waals surface area contributed by atoms with E-state index >= 15 is 0 Å². The number of anilines is 1. The van der Waals surface area contributed by atoms with E-state index in [1.807, 2.05) is 11.0 Å². The number of nitro groups is 1. The molecule has 7 nitrogen and oxygen atoms in total. The molecular formula is C12H17N3O4S. The Labute approximate surface area is 117 Å². The van der Waals surface area contributed by atoms with E-state index < -0.39 is 14.8 Å². The lowest BCUT2D eigenvalue weighted by atomic mass is 10.1. The summed E-state index contributed by atoms with van der Waals surface area (Å²) >= 11 is 0. The van der Waals surface area contributed by atoms with Gasteiger partial charge in [0.15, 0.2) is 9.84 Å². The third kappa shape index (κ3) is 3.26. The van der Waals surface area contributed by atoms with Crippen molar-refractivity contribution in [2.75, 3.05) is 37.0 Å². The minimum absolute atomic E-state index is 0.0367. The maximum atomic E-state index is 11.4. The predicted octanol–water partition coefficient (Wildman–Crippen LogP) is 0.867. The van der Waals surface area contributed by atoms with Gasteiger partial charge in [-0.25, -0.2) is 8.42 Å². The first-order valence-electron chi connectivity index (χ1n) is 6.30. The van der Waals surface area contributed by atoms with Crippen LogP contribution in [-0.2, 0) is 16.4 Å². The lowest BCUT2D eigenvalue weighted by Gasteiger charge is -2.27. The molecule has 0 bridgehead atoms. The van der Waals surface area contributed by atoms with Crippen molar-refractivity contribution in [1.29, 1.82) is 0 Å². The van der Waals surface area contributed by atoms with Gasteiger partial charge in [-0.05, 0) is 5.56 Å². The van der Waals surface area contributed by atoms with Crippen molar-refractivity contribution in [3.8, 4) is 0 Å². The number of hydrogen-bond donors (Lipinski definition) is 1. The van der Waals surface area contributed by atoms with E-state index in [1.54, 1.807) is 13.1 Å². The Morgan fingerprint density at radius 2 is 2.00 bits per heavy atom. The molecular weight excluding hydrogens is 282 g/mol. The zero-order valence-corrected chi connectivity index (χ0v) is 12.0. The van der Waals surface area contributed by atoms with Crippen LogP contribution < -0.4 is 5.32 Å². The normalized spacial score (nSPS) is 18.6. The topological polar surface area (TPSA) is 92.6 Å². The molecule has 0 aliphatic carbocycles. The fourth-order valence-electron chi connectivity index (χ4n) is 2.31. The molecule has 0 spiro atoms. The molecule has 1 aliphatic heterocycles. The van der Waals surface area contributed by atoms with Gasteiger partial charge in [0.2, 0.25) is 0 Å². The summed E-state index contributed by atoms with van der Waals surface area (Å²) in [6, 6.07) is 4.92. The molecule has 0 radical (unpaired) electrons. The maximum absolute atomic E-state index is 11.4. The lowest BCUT2D eigenvalue weighted by molar-refractivity contribution is -0.384. The second-order valence-corrected chi connectivity index (χ2v) is 7.05. The average molecular weight is 299 g/mol. The molecule has 1 N–H and O–H groups in total. The zero-order chi connectivity index (χ0) is 14.8. The summed E-state index contributed by atoms with van der Waals surface area (Å²) < 4.78 is 22.8. The number of para-hydroxylation sites is 1. The highest BCUT2D eigenvalue weighted by Gasteiger charge is 2.23. The van der Waals surface area contributed by atoms with E-state index in [2.05, 4.69) is 5.32 Å². The van der Waals surface area contributed by atoms with Crippen LogP contribution in [0.3, 0.4) is 0 Å². The zero-order valence-electron chi connectivity index (χ0n) is 11.2. The Kier molecular flexibility index (Phi) is 4.24. The van der Waals surface area contributed by atoms with Gasteiger partial charge in [-0.2, -0.15) is 0 Å². The van der Waals surface area contributed by atoms with E-state index in [0.717, 1.165) is 5.56 Å². The van der Waals surface area contributed by atoms with Gasteiger partial charge in [-0.1, -0.05) is 12.1 Å². The first-order valence-corrected chi connectivity index (χ1v) is 8.12. The summed E-state index contributed by atoms with van der Waals surface area (Å²) in [5, 5.41) is 13.8. The van der Waals surface area contributed by atoms with Crippen LogP contribution in [0.25, 0.3) is 0 Å². The van der Waals surface area contributed by atoms with Gasteiger partial charge in [-0.15, -0.1) is 0 Å². The second-order valence-electron chi connectivity index (χ2n) is 4.75. The minimum Gasteiger partial charge on any atom is -0.382 e. The fraction of sp³-hybridized carbons (Fsp3) is 0.500. The molecule has 20 heavy (non-hydrogen) atoms. The number of rotatable bonds is 4. The van der Waals surface area contributed by atoms with Gasteiger partial charge in [0.1, 0.15) is 5.69 Å². The highest BCUT2D eigenvalue weighted by Crippen LogP contribution is 2.28. The molecule has 110 valence electrons. The number of benzene rings is 1. The van der Waals surface area contributed by atoms with Crippen LogP contribution in [0.4, 0.5) is 11.4 Å². The number of sulfone groups is 1. The van der Waals surface area contributed by atoms with Crippen LogP contribution in [0.15, 0.2) is 18.2 Å². The summed E-state index contributed by atoms with van der Waals surface area (Å²) in [7, 11) is -1.27. The first-order chi connectivity index (χ1) is 9.43. The SMILES string of the molecule is CNc1c(CN2CCS(=O)(=O)CC2)cccc1[N+](=O)[O-]. The molecule has 2 rings (SSSR count). The fourth-order valence-corrected chi connectivity index (χ4v) is 3.59. The number of nitrogens with zero attached hydrogens (tertiary/aromatic N) is 2. The number of nitrogens with one attached hydrogen (secondary N) is 1. The van der Waals surface area contributed by atoms with E-state index in [1.165, 1.54) is 6.07 Å². The summed E-state index contributed by atoms with van der Waals surface area (Å²) in [4.78, 5) is 12.6. The molecule has 1 aliphatic rings. The third-order valence-corrected chi connectivity index (χ3v) is 5.02. The Hall–Kier alpha value is -1.67. The van der Waals surface area contributed by atoms with E-state index in [9.17, 15) is 18.5 Å². The monoisotopic (exact) mass is 299 g/mol. The van der Waals surface area contributed by atoms with Crippen LogP contribution in [-0.4, -0.2) is 49.9 Å². The highest BCUT2D eigenvalue weighted by atomic mass is 32.2. The molecule has 1 saturated heterocycles. The minimum atomic E-state index is -2.91. The smallest absolute Gasteiger partial charge is 0.292 e. The molecule has 0 aromatic heterocycles. The van der Waals surface area contributed by atoms with Crippen molar-refractivity contribution in [1.82, 2.24) is 4.90 Å². The molecule has 0 atom stereocenters. The summed E-state index contributed by atoms with van der Waals surface area (Å²) in [5.41, 5.74) is 1.33. The molecule has 0 unspecified atom stereocenters. The standard InChI is InChI=1S/C12H17N3O4S/c1-13-12-10(3-2-4-11(12)15(16)17)9-14-5-7-20(18,19)8-6-14/h2-4,13H,5-9H2,1H3. The largest absolute Gasteiger partial charge is 0.382 e. The van der Waals surface area contributed by atoms with Crippen LogP contribution in [0.5, 0.6) is 0 Å². The van der Waals surface area contributed by atoms with Crippen molar-refractivity contribution >= 4 is 21.2 Å². The predicted molar refractivity (Wildman–Crippen MR) is 76.6 cm³/mol. The van der Waals surface area contributed by atoms with Crippen molar-refractivity contribution in [3.63, 3.8) is 0 Å². The van der Waals surface area contributed by atoms with Crippen molar-refractivity contribution < 1.29 is 13.3 Å². The molecule has 0 amide bonds. The van der Waals surface area contributed by atoms with Crippen LogP contribution in [0.2, 0.25) is 0 Å². The summed E-state index contributed by atoms with van der Waals surface area (Å²) in [5.74, 6) is 0.299. The average Bonchev–Trinajstić information content (AvgIpc) is 2.40. The van der Waals surface area contributed by atoms with Crippen LogP contribution in [0.1, 0.15) is 5.56 Å². The van der Waals surface area contributed by atoms with Crippen LogP contribution in [0, 0.1) is 10.1 Å². The van der Waals surface area contributed by atoms with Gasteiger partial charge in [0.05, 0.1) is 16.4 Å². The molecule has 1 aromatic rings. The molecule has 0 saturated carbocycles. The van der Waals surface area contributed by atoms with Crippen LogP contribution >= 0.6 is 0 Å². The maximum Gasteiger partial charge on any atom is 0.292 e. The van der Waals surface area contributed by atoms with Gasteiger partial charge in [0.25, 0.3) is 5.69 Å². The Balaban J connectivity index is 2.18. The van der Waals surface area contributed by atoms with Gasteiger partial charge < -0.3 is 5.32 Å². The lowest BCUT2D eigenvalue weighted by Crippen LogP contribution is -2.39. The van der Waals surface area contributed by atoms with E-state index in [-0.39, 0.29) is 17.2 Å². The highest BCUT2D eigenvalue weighted by molar-refractivity contribution is 7.91. The quantitative estimate of drug-likeness (QED) is 0.655. The van der Waals surface area contributed by atoms with Gasteiger partial charge in [0, 0.05) is 32.7 Å². The number of nitro benzene ring substituents is 1. The van der Waals surface area contributed by atoms with Gasteiger partial charge in [-0.3, -0.25) is 15.0 Å². The van der Waals surface area contributed by atoms with E-state index in [4.69, 9.17) is 0 Å². The molecule has 8 heteroatoms. The summed E-state index contributed by atoms with van der Waals surface area (Å²) in [6.45, 7) is 1.44. The number of hydrogen-bond acceptors (Lipinski definition) is 6. The Morgan fingerprint density at radius 1 is 1.35 bits per heavy atom. The second kappa shape index (κ2) is 5.76. The van der Waals surface area contributed by atoms with Gasteiger partial charge >= 0.3 is 0 Å². The van der Waals surface area contributed by atoms with Crippen molar-refractivity contribution in [3.05, 3.63) is 33.9 Å². The Morgan fingerprint density at radius 3 is 2.55 bits per heavy atom. The Bertz CT molecular complexity index is 601. The van der Waals surface area contributed by atoms with Crippen molar-refractivity contribution in [2.45, 2.75) is 6.54 Å². The van der Waals surface area contributed by atoms with Crippen molar-refractivity contribution in [2.24, 2.45) is 0 Å².